The van der Waals surface area contributed by atoms with Crippen molar-refractivity contribution in [3.8, 4) is 11.5 Å². The molecule has 0 bridgehead atoms. The molecule has 9 heteroatoms. The van der Waals surface area contributed by atoms with E-state index < -0.39 is 41.9 Å². The van der Waals surface area contributed by atoms with Gasteiger partial charge in [0, 0.05) is 12.1 Å². The lowest BCUT2D eigenvalue weighted by Gasteiger charge is -2.19. The maximum atomic E-state index is 13.1. The van der Waals surface area contributed by atoms with Crippen LogP contribution in [0, 0.1) is 5.82 Å². The molecule has 1 aromatic carbocycles. The van der Waals surface area contributed by atoms with Gasteiger partial charge in [-0.1, -0.05) is 0 Å². The SMILES string of the molecule is CC(Oc1cc(OC(F)F)c(F)cc1N)C(F)(F)F. The molecule has 108 valence electrons. The highest BCUT2D eigenvalue weighted by molar-refractivity contribution is 5.56. The Morgan fingerprint density at radius 2 is 1.68 bits per heavy atom. The van der Waals surface area contributed by atoms with Crippen molar-refractivity contribution >= 4 is 5.69 Å². The predicted molar refractivity (Wildman–Crippen MR) is 53.6 cm³/mol. The van der Waals surface area contributed by atoms with Crippen molar-refractivity contribution in [1.82, 2.24) is 0 Å². The highest BCUT2D eigenvalue weighted by Gasteiger charge is 2.38. The van der Waals surface area contributed by atoms with Crippen molar-refractivity contribution in [1.29, 1.82) is 0 Å². The van der Waals surface area contributed by atoms with Gasteiger partial charge in [0.25, 0.3) is 0 Å². The second kappa shape index (κ2) is 5.45. The Bertz CT molecular complexity index is 448. The van der Waals surface area contributed by atoms with E-state index in [9.17, 15) is 26.3 Å². The second-order valence-electron chi connectivity index (χ2n) is 3.50. The molecule has 1 rings (SSSR count). The minimum Gasteiger partial charge on any atom is -0.479 e. The molecule has 0 aromatic heterocycles. The zero-order valence-corrected chi connectivity index (χ0v) is 9.47. The highest BCUT2D eigenvalue weighted by Crippen LogP contribution is 2.34. The van der Waals surface area contributed by atoms with Gasteiger partial charge in [0.15, 0.2) is 17.7 Å². The van der Waals surface area contributed by atoms with Crippen LogP contribution in [0.2, 0.25) is 0 Å². The van der Waals surface area contributed by atoms with E-state index in [-0.39, 0.29) is 0 Å². The third-order valence-corrected chi connectivity index (χ3v) is 2.05. The molecule has 0 aliphatic heterocycles. The van der Waals surface area contributed by atoms with Crippen molar-refractivity contribution in [2.75, 3.05) is 5.73 Å². The third-order valence-electron chi connectivity index (χ3n) is 2.05. The first-order chi connectivity index (χ1) is 8.61. The minimum absolute atomic E-state index is 0.463. The first-order valence-electron chi connectivity index (χ1n) is 4.88. The van der Waals surface area contributed by atoms with Crippen LogP contribution in [-0.2, 0) is 0 Å². The number of anilines is 1. The summed E-state index contributed by atoms with van der Waals surface area (Å²) < 4.78 is 82.1. The van der Waals surface area contributed by atoms with Gasteiger partial charge in [-0.15, -0.1) is 0 Å². The maximum absolute atomic E-state index is 13.1. The van der Waals surface area contributed by atoms with Crippen LogP contribution in [0.3, 0.4) is 0 Å². The van der Waals surface area contributed by atoms with Gasteiger partial charge in [0.1, 0.15) is 5.75 Å². The third kappa shape index (κ3) is 4.11. The number of alkyl halides is 5. The summed E-state index contributed by atoms with van der Waals surface area (Å²) in [5.74, 6) is -2.78. The Kier molecular flexibility index (Phi) is 4.38. The van der Waals surface area contributed by atoms with Gasteiger partial charge < -0.3 is 15.2 Å². The topological polar surface area (TPSA) is 44.5 Å². The Balaban J connectivity index is 3.01. The minimum atomic E-state index is -4.68. The maximum Gasteiger partial charge on any atom is 0.425 e. The van der Waals surface area contributed by atoms with Crippen LogP contribution >= 0.6 is 0 Å². The average Bonchev–Trinajstić information content (AvgIpc) is 2.22. The summed E-state index contributed by atoms with van der Waals surface area (Å²) in [5, 5.41) is 0. The molecule has 0 amide bonds. The van der Waals surface area contributed by atoms with E-state index in [1.165, 1.54) is 0 Å². The number of nitrogen functional groups attached to an aromatic ring is 1. The summed E-state index contributed by atoms with van der Waals surface area (Å²) in [5.41, 5.74) is 4.77. The number of hydrogen-bond acceptors (Lipinski definition) is 3. The molecular weight excluding hydrogens is 280 g/mol. The number of hydrogen-bond donors (Lipinski definition) is 1. The lowest BCUT2D eigenvalue weighted by atomic mass is 10.2. The van der Waals surface area contributed by atoms with Gasteiger partial charge in [-0.25, -0.2) is 4.39 Å². The average molecular weight is 289 g/mol. The smallest absolute Gasteiger partial charge is 0.425 e. The number of ether oxygens (including phenoxy) is 2. The molecule has 0 aliphatic rings. The predicted octanol–water partition coefficient (Wildman–Crippen LogP) is 3.34. The van der Waals surface area contributed by atoms with Crippen LogP contribution in [0.25, 0.3) is 0 Å². The Morgan fingerprint density at radius 1 is 1.11 bits per heavy atom. The molecule has 0 fully saturated rings. The molecule has 0 radical (unpaired) electrons. The summed E-state index contributed by atoms with van der Waals surface area (Å²) in [6, 6.07) is 1.08. The molecule has 2 N–H and O–H groups in total. The van der Waals surface area contributed by atoms with Crippen LogP contribution in [0.1, 0.15) is 6.92 Å². The van der Waals surface area contributed by atoms with E-state index in [0.29, 0.717) is 19.1 Å². The first-order valence-corrected chi connectivity index (χ1v) is 4.88. The Morgan fingerprint density at radius 3 is 2.16 bits per heavy atom. The molecule has 1 aromatic rings. The number of benzene rings is 1. The Hall–Kier alpha value is -1.80. The summed E-state index contributed by atoms with van der Waals surface area (Å²) in [6.07, 6.45) is -6.91. The monoisotopic (exact) mass is 289 g/mol. The number of nitrogens with two attached hydrogens (primary N) is 1. The van der Waals surface area contributed by atoms with E-state index in [1.807, 2.05) is 0 Å². The van der Waals surface area contributed by atoms with Crippen LogP contribution in [0.4, 0.5) is 32.0 Å². The molecule has 0 spiro atoms. The fraction of sp³-hybridized carbons (Fsp3) is 0.400. The molecule has 0 saturated carbocycles. The highest BCUT2D eigenvalue weighted by atomic mass is 19.4. The van der Waals surface area contributed by atoms with Gasteiger partial charge in [0.05, 0.1) is 5.69 Å². The molecule has 3 nitrogen and oxygen atoms in total. The van der Waals surface area contributed by atoms with Gasteiger partial charge in [0.2, 0.25) is 0 Å². The molecule has 0 heterocycles. The fourth-order valence-electron chi connectivity index (χ4n) is 1.10. The van der Waals surface area contributed by atoms with Gasteiger partial charge in [-0.05, 0) is 6.92 Å². The molecule has 19 heavy (non-hydrogen) atoms. The summed E-state index contributed by atoms with van der Waals surface area (Å²) in [6.45, 7) is -2.64. The van der Waals surface area contributed by atoms with Crippen molar-refractivity contribution < 1.29 is 35.8 Å². The lowest BCUT2D eigenvalue weighted by Crippen LogP contribution is -2.31. The van der Waals surface area contributed by atoms with Crippen LogP contribution < -0.4 is 15.2 Å². The van der Waals surface area contributed by atoms with Crippen LogP contribution in [0.5, 0.6) is 11.5 Å². The van der Waals surface area contributed by atoms with Gasteiger partial charge >= 0.3 is 12.8 Å². The van der Waals surface area contributed by atoms with Crippen molar-refractivity contribution in [3.05, 3.63) is 17.9 Å². The van der Waals surface area contributed by atoms with Crippen LogP contribution in [0.15, 0.2) is 12.1 Å². The molecule has 0 saturated heterocycles. The van der Waals surface area contributed by atoms with Crippen molar-refractivity contribution in [2.24, 2.45) is 0 Å². The Labute approximate surface area is 103 Å². The second-order valence-corrected chi connectivity index (χ2v) is 3.50. The van der Waals surface area contributed by atoms with E-state index in [4.69, 9.17) is 5.73 Å². The fourth-order valence-corrected chi connectivity index (χ4v) is 1.10. The zero-order chi connectivity index (χ0) is 14.8. The summed E-state index contributed by atoms with van der Waals surface area (Å²) in [7, 11) is 0. The quantitative estimate of drug-likeness (QED) is 0.683. The van der Waals surface area contributed by atoms with Crippen molar-refractivity contribution in [3.63, 3.8) is 0 Å². The molecule has 1 unspecified atom stereocenters. The lowest BCUT2D eigenvalue weighted by molar-refractivity contribution is -0.189. The number of halogens is 6. The van der Waals surface area contributed by atoms with Gasteiger partial charge in [-0.2, -0.15) is 22.0 Å². The normalized spacial score (nSPS) is 13.5. The van der Waals surface area contributed by atoms with Crippen LogP contribution in [-0.4, -0.2) is 18.9 Å². The summed E-state index contributed by atoms with van der Waals surface area (Å²) >= 11 is 0. The molecule has 1 atom stereocenters. The largest absolute Gasteiger partial charge is 0.479 e. The summed E-state index contributed by atoms with van der Waals surface area (Å²) in [4.78, 5) is 0. The van der Waals surface area contributed by atoms with E-state index in [2.05, 4.69) is 9.47 Å². The van der Waals surface area contributed by atoms with E-state index in [0.717, 1.165) is 0 Å². The van der Waals surface area contributed by atoms with Crippen molar-refractivity contribution in [2.45, 2.75) is 25.8 Å². The van der Waals surface area contributed by atoms with Gasteiger partial charge in [-0.3, -0.25) is 0 Å². The molecule has 0 aliphatic carbocycles. The zero-order valence-electron chi connectivity index (χ0n) is 9.47. The first kappa shape index (κ1) is 15.3. The van der Waals surface area contributed by atoms with E-state index >= 15 is 0 Å². The number of rotatable bonds is 4. The standard InChI is InChI=1S/C10H9F6NO2/c1-4(10(14,15)16)18-8-3-7(19-9(12)13)5(11)2-6(8)17/h2-4,9H,17H2,1H3. The van der Waals surface area contributed by atoms with E-state index in [1.54, 1.807) is 0 Å². The molecular formula is C10H9F6NO2.